The standard InChI is InChI=1S/C14H29NO/c1-12(2)13-6-9-14(15,10-7-13)8-4-5-11-16-3/h12-13H,4-11,15H2,1-3H3. The van der Waals surface area contributed by atoms with E-state index in [-0.39, 0.29) is 5.54 Å². The SMILES string of the molecule is COCCCCC1(N)CCC(C(C)C)CC1. The quantitative estimate of drug-likeness (QED) is 0.706. The molecule has 0 radical (unpaired) electrons. The van der Waals surface area contributed by atoms with Gasteiger partial charge < -0.3 is 10.5 Å². The van der Waals surface area contributed by atoms with Crippen molar-refractivity contribution in [1.82, 2.24) is 0 Å². The lowest BCUT2D eigenvalue weighted by atomic mass is 9.71. The third-order valence-corrected chi connectivity index (χ3v) is 4.24. The number of unbranched alkanes of at least 4 members (excludes halogenated alkanes) is 1. The second-order valence-corrected chi connectivity index (χ2v) is 5.89. The molecule has 16 heavy (non-hydrogen) atoms. The van der Waals surface area contributed by atoms with Gasteiger partial charge in [-0.15, -0.1) is 0 Å². The molecule has 0 spiro atoms. The maximum atomic E-state index is 6.46. The molecule has 1 fully saturated rings. The summed E-state index contributed by atoms with van der Waals surface area (Å²) in [5.41, 5.74) is 6.60. The summed E-state index contributed by atoms with van der Waals surface area (Å²) in [4.78, 5) is 0. The molecule has 0 aromatic carbocycles. The van der Waals surface area contributed by atoms with Crippen LogP contribution < -0.4 is 5.73 Å². The Labute approximate surface area is 101 Å². The Morgan fingerprint density at radius 1 is 1.25 bits per heavy atom. The topological polar surface area (TPSA) is 35.2 Å². The first-order valence-electron chi connectivity index (χ1n) is 6.85. The molecule has 2 nitrogen and oxygen atoms in total. The highest BCUT2D eigenvalue weighted by Gasteiger charge is 2.31. The molecule has 0 bridgehead atoms. The van der Waals surface area contributed by atoms with E-state index in [1.54, 1.807) is 7.11 Å². The molecule has 0 unspecified atom stereocenters. The van der Waals surface area contributed by atoms with E-state index < -0.39 is 0 Å². The summed E-state index contributed by atoms with van der Waals surface area (Å²) in [5.74, 6) is 1.74. The van der Waals surface area contributed by atoms with Crippen LogP contribution in [0.4, 0.5) is 0 Å². The van der Waals surface area contributed by atoms with Crippen molar-refractivity contribution in [2.24, 2.45) is 17.6 Å². The molecule has 1 aliphatic carbocycles. The van der Waals surface area contributed by atoms with Crippen LogP contribution in [0.3, 0.4) is 0 Å². The largest absolute Gasteiger partial charge is 0.385 e. The van der Waals surface area contributed by atoms with E-state index in [4.69, 9.17) is 10.5 Å². The van der Waals surface area contributed by atoms with Gasteiger partial charge in [-0.1, -0.05) is 13.8 Å². The van der Waals surface area contributed by atoms with Crippen LogP contribution in [0.15, 0.2) is 0 Å². The third kappa shape index (κ3) is 4.42. The minimum absolute atomic E-state index is 0.138. The zero-order valence-electron chi connectivity index (χ0n) is 11.3. The van der Waals surface area contributed by atoms with Crippen molar-refractivity contribution in [2.45, 2.75) is 64.3 Å². The lowest BCUT2D eigenvalue weighted by Crippen LogP contribution is -2.43. The fourth-order valence-corrected chi connectivity index (χ4v) is 2.86. The zero-order valence-corrected chi connectivity index (χ0v) is 11.3. The Hall–Kier alpha value is -0.0800. The van der Waals surface area contributed by atoms with Crippen LogP contribution in [-0.2, 0) is 4.74 Å². The van der Waals surface area contributed by atoms with Crippen LogP contribution in [0.25, 0.3) is 0 Å². The minimum Gasteiger partial charge on any atom is -0.385 e. The van der Waals surface area contributed by atoms with Gasteiger partial charge in [-0.25, -0.2) is 0 Å². The Morgan fingerprint density at radius 2 is 1.88 bits per heavy atom. The summed E-state index contributed by atoms with van der Waals surface area (Å²) >= 11 is 0. The van der Waals surface area contributed by atoms with E-state index in [0.717, 1.165) is 24.9 Å². The van der Waals surface area contributed by atoms with E-state index in [2.05, 4.69) is 13.8 Å². The van der Waals surface area contributed by atoms with E-state index in [1.807, 2.05) is 0 Å². The summed E-state index contributed by atoms with van der Waals surface area (Å²) in [7, 11) is 1.77. The van der Waals surface area contributed by atoms with E-state index in [9.17, 15) is 0 Å². The number of hydrogen-bond acceptors (Lipinski definition) is 2. The summed E-state index contributed by atoms with van der Waals surface area (Å²) < 4.78 is 5.07. The van der Waals surface area contributed by atoms with Gasteiger partial charge in [0, 0.05) is 19.3 Å². The number of ether oxygens (including phenoxy) is 1. The predicted octanol–water partition coefficient (Wildman–Crippen LogP) is 3.35. The molecule has 0 amide bonds. The molecule has 0 aliphatic heterocycles. The highest BCUT2D eigenvalue weighted by molar-refractivity contribution is 4.90. The molecule has 0 aromatic rings. The lowest BCUT2D eigenvalue weighted by Gasteiger charge is -2.38. The van der Waals surface area contributed by atoms with Gasteiger partial charge in [-0.3, -0.25) is 0 Å². The molecule has 2 heteroatoms. The first-order chi connectivity index (χ1) is 7.57. The van der Waals surface area contributed by atoms with Crippen molar-refractivity contribution in [3.05, 3.63) is 0 Å². The molecule has 0 heterocycles. The summed E-state index contributed by atoms with van der Waals surface area (Å²) in [6.45, 7) is 5.56. The van der Waals surface area contributed by atoms with Gasteiger partial charge in [0.1, 0.15) is 0 Å². The first-order valence-corrected chi connectivity index (χ1v) is 6.85. The Bertz CT molecular complexity index is 183. The van der Waals surface area contributed by atoms with Crippen LogP contribution in [0.1, 0.15) is 58.8 Å². The summed E-state index contributed by atoms with van der Waals surface area (Å²) in [5, 5.41) is 0. The van der Waals surface area contributed by atoms with E-state index in [1.165, 1.54) is 38.5 Å². The second kappa shape index (κ2) is 6.61. The minimum atomic E-state index is 0.138. The average Bonchev–Trinajstić information content (AvgIpc) is 2.25. The molecule has 0 aromatic heterocycles. The van der Waals surface area contributed by atoms with Gasteiger partial charge in [-0.05, 0) is 56.8 Å². The number of rotatable bonds is 6. The number of hydrogen-bond donors (Lipinski definition) is 1. The Kier molecular flexibility index (Phi) is 5.77. The lowest BCUT2D eigenvalue weighted by molar-refractivity contribution is 0.167. The fraction of sp³-hybridized carbons (Fsp3) is 1.00. The molecule has 96 valence electrons. The second-order valence-electron chi connectivity index (χ2n) is 5.89. The molecule has 0 saturated heterocycles. The van der Waals surface area contributed by atoms with Crippen molar-refractivity contribution < 1.29 is 4.74 Å². The van der Waals surface area contributed by atoms with Crippen LogP contribution in [0, 0.1) is 11.8 Å². The number of methoxy groups -OCH3 is 1. The molecule has 0 atom stereocenters. The average molecular weight is 227 g/mol. The van der Waals surface area contributed by atoms with Crippen LogP contribution >= 0.6 is 0 Å². The van der Waals surface area contributed by atoms with Gasteiger partial charge in [0.05, 0.1) is 0 Å². The van der Waals surface area contributed by atoms with Gasteiger partial charge in [0.25, 0.3) is 0 Å². The normalized spacial score (nSPS) is 30.9. The maximum absolute atomic E-state index is 6.46. The van der Waals surface area contributed by atoms with Gasteiger partial charge in [0.2, 0.25) is 0 Å². The Morgan fingerprint density at radius 3 is 2.38 bits per heavy atom. The van der Waals surface area contributed by atoms with Crippen molar-refractivity contribution >= 4 is 0 Å². The molecule has 1 rings (SSSR count). The van der Waals surface area contributed by atoms with Crippen molar-refractivity contribution in [2.75, 3.05) is 13.7 Å². The Balaban J connectivity index is 2.21. The predicted molar refractivity (Wildman–Crippen MR) is 69.4 cm³/mol. The van der Waals surface area contributed by atoms with Crippen LogP contribution in [0.2, 0.25) is 0 Å². The fourth-order valence-electron chi connectivity index (χ4n) is 2.86. The number of nitrogens with two attached hydrogens (primary N) is 1. The van der Waals surface area contributed by atoms with Gasteiger partial charge in [0.15, 0.2) is 0 Å². The van der Waals surface area contributed by atoms with E-state index >= 15 is 0 Å². The summed E-state index contributed by atoms with van der Waals surface area (Å²) in [6.07, 6.45) is 8.67. The molecule has 1 aliphatic rings. The molecule has 1 saturated carbocycles. The van der Waals surface area contributed by atoms with Crippen molar-refractivity contribution in [1.29, 1.82) is 0 Å². The van der Waals surface area contributed by atoms with E-state index in [0.29, 0.717) is 0 Å². The first kappa shape index (κ1) is 14.0. The van der Waals surface area contributed by atoms with Crippen LogP contribution in [-0.4, -0.2) is 19.3 Å². The van der Waals surface area contributed by atoms with Crippen LogP contribution in [0.5, 0.6) is 0 Å². The third-order valence-electron chi connectivity index (χ3n) is 4.24. The van der Waals surface area contributed by atoms with Gasteiger partial charge >= 0.3 is 0 Å². The smallest absolute Gasteiger partial charge is 0.0462 e. The van der Waals surface area contributed by atoms with Crippen molar-refractivity contribution in [3.63, 3.8) is 0 Å². The zero-order chi connectivity index (χ0) is 12.0. The highest BCUT2D eigenvalue weighted by Crippen LogP contribution is 2.36. The molecular formula is C14H29NO. The van der Waals surface area contributed by atoms with Crippen molar-refractivity contribution in [3.8, 4) is 0 Å². The highest BCUT2D eigenvalue weighted by atomic mass is 16.5. The van der Waals surface area contributed by atoms with Gasteiger partial charge in [-0.2, -0.15) is 0 Å². The maximum Gasteiger partial charge on any atom is 0.0462 e. The molecule has 2 N–H and O–H groups in total. The monoisotopic (exact) mass is 227 g/mol. The molecular weight excluding hydrogens is 198 g/mol. The summed E-state index contributed by atoms with van der Waals surface area (Å²) in [6, 6.07) is 0.